The van der Waals surface area contributed by atoms with Crippen LogP contribution in [0, 0.1) is 6.92 Å². The van der Waals surface area contributed by atoms with Gasteiger partial charge in [0.1, 0.15) is 0 Å². The fourth-order valence-electron chi connectivity index (χ4n) is 6.41. The summed E-state index contributed by atoms with van der Waals surface area (Å²) in [5.74, 6) is 0. The number of aryl methyl sites for hydroxylation is 2. The van der Waals surface area contributed by atoms with Crippen LogP contribution in [0.15, 0.2) is 133 Å². The molecule has 6 aromatic rings. The highest BCUT2D eigenvalue weighted by Crippen LogP contribution is 2.56. The summed E-state index contributed by atoms with van der Waals surface area (Å²) in [5.41, 5.74) is 12.8. The zero-order chi connectivity index (χ0) is 25.7. The van der Waals surface area contributed by atoms with Crippen molar-refractivity contribution in [1.82, 2.24) is 0 Å². The maximum Gasteiger partial charge on any atom is 0.0713 e. The van der Waals surface area contributed by atoms with Gasteiger partial charge >= 0.3 is 0 Å². The first-order chi connectivity index (χ1) is 18.7. The van der Waals surface area contributed by atoms with E-state index >= 15 is 0 Å². The molecule has 38 heavy (non-hydrogen) atoms. The van der Waals surface area contributed by atoms with Crippen LogP contribution in [0.2, 0.25) is 0 Å². The molecule has 182 valence electrons. The van der Waals surface area contributed by atoms with Gasteiger partial charge in [0.05, 0.1) is 5.41 Å². The zero-order valence-electron chi connectivity index (χ0n) is 21.9. The molecule has 0 heterocycles. The molecule has 0 heteroatoms. The Labute approximate surface area is 225 Å². The molecule has 0 N–H and O–H groups in total. The smallest absolute Gasteiger partial charge is 0.0619 e. The van der Waals surface area contributed by atoms with E-state index in [1.807, 2.05) is 0 Å². The van der Waals surface area contributed by atoms with Crippen LogP contribution in [0.5, 0.6) is 0 Å². The Morgan fingerprint density at radius 2 is 1.11 bits per heavy atom. The third-order valence-electron chi connectivity index (χ3n) is 8.41. The van der Waals surface area contributed by atoms with E-state index < -0.39 is 0 Å². The quantitative estimate of drug-likeness (QED) is 0.232. The number of hydrogen-bond donors (Lipinski definition) is 0. The lowest BCUT2D eigenvalue weighted by Crippen LogP contribution is -2.28. The maximum atomic E-state index is 2.45. The summed E-state index contributed by atoms with van der Waals surface area (Å²) in [7, 11) is 0. The van der Waals surface area contributed by atoms with Crippen molar-refractivity contribution in [3.05, 3.63) is 167 Å². The molecule has 0 nitrogen and oxygen atoms in total. The molecular weight excluding hydrogens is 456 g/mol. The first kappa shape index (κ1) is 22.8. The first-order valence-electron chi connectivity index (χ1n) is 13.6. The third kappa shape index (κ3) is 3.37. The van der Waals surface area contributed by atoms with Crippen molar-refractivity contribution in [1.29, 1.82) is 0 Å². The lowest BCUT2D eigenvalue weighted by Gasteiger charge is -2.34. The normalized spacial score (nSPS) is 15.8. The minimum Gasteiger partial charge on any atom is -0.0619 e. The highest BCUT2D eigenvalue weighted by Gasteiger charge is 2.46. The van der Waals surface area contributed by atoms with Gasteiger partial charge in [0, 0.05) is 0 Å². The van der Waals surface area contributed by atoms with Gasteiger partial charge in [0.25, 0.3) is 0 Å². The monoisotopic (exact) mass is 486 g/mol. The van der Waals surface area contributed by atoms with Crippen molar-refractivity contribution in [3.8, 4) is 22.3 Å². The second-order valence-corrected chi connectivity index (χ2v) is 10.5. The number of rotatable bonds is 4. The van der Waals surface area contributed by atoms with E-state index in [1.165, 1.54) is 66.4 Å². The number of hydrogen-bond acceptors (Lipinski definition) is 0. The van der Waals surface area contributed by atoms with Gasteiger partial charge in [-0.2, -0.15) is 0 Å². The molecule has 7 rings (SSSR count). The molecule has 1 aliphatic carbocycles. The Balaban J connectivity index is 1.54. The fourth-order valence-corrected chi connectivity index (χ4v) is 6.41. The minimum absolute atomic E-state index is 0.376. The van der Waals surface area contributed by atoms with Crippen molar-refractivity contribution in [2.24, 2.45) is 0 Å². The lowest BCUT2D eigenvalue weighted by molar-refractivity contribution is 0.767. The Bertz CT molecular complexity index is 1790. The summed E-state index contributed by atoms with van der Waals surface area (Å²) >= 11 is 0. The van der Waals surface area contributed by atoms with Gasteiger partial charge in [-0.1, -0.05) is 134 Å². The molecule has 0 aromatic heterocycles. The molecule has 0 bridgehead atoms. The Kier molecular flexibility index (Phi) is 5.30. The molecular formula is C38H30. The fraction of sp³-hybridized carbons (Fsp3) is 0.105. The highest BCUT2D eigenvalue weighted by molar-refractivity contribution is 5.91. The predicted octanol–water partition coefficient (Wildman–Crippen LogP) is 9.74. The van der Waals surface area contributed by atoms with Gasteiger partial charge in [-0.15, -0.1) is 0 Å². The molecule has 1 unspecified atom stereocenters. The van der Waals surface area contributed by atoms with Crippen molar-refractivity contribution in [3.63, 3.8) is 0 Å². The van der Waals surface area contributed by atoms with Crippen LogP contribution < -0.4 is 0 Å². The Morgan fingerprint density at radius 3 is 1.87 bits per heavy atom. The molecule has 0 amide bonds. The summed E-state index contributed by atoms with van der Waals surface area (Å²) in [6, 6.07) is 50.0. The van der Waals surface area contributed by atoms with Crippen LogP contribution in [0.3, 0.4) is 0 Å². The van der Waals surface area contributed by atoms with Crippen LogP contribution in [-0.2, 0) is 11.8 Å². The zero-order valence-corrected chi connectivity index (χ0v) is 21.9. The summed E-state index contributed by atoms with van der Waals surface area (Å²) < 4.78 is 0. The first-order valence-corrected chi connectivity index (χ1v) is 13.6. The van der Waals surface area contributed by atoms with Crippen LogP contribution in [0.4, 0.5) is 0 Å². The van der Waals surface area contributed by atoms with Crippen LogP contribution in [0.1, 0.15) is 40.3 Å². The van der Waals surface area contributed by atoms with E-state index in [0.29, 0.717) is 0 Å². The van der Waals surface area contributed by atoms with Crippen molar-refractivity contribution in [2.45, 2.75) is 25.7 Å². The van der Waals surface area contributed by atoms with E-state index in [2.05, 4.69) is 147 Å². The summed E-state index contributed by atoms with van der Waals surface area (Å²) in [6.07, 6.45) is 1.04. The van der Waals surface area contributed by atoms with Crippen LogP contribution >= 0.6 is 0 Å². The standard InChI is InChI=1S/C38H30/c1-3-27-14-21-33(22-15-27)38(32-19-12-26(2)13-20-32)36-11-7-6-10-34(36)35-23-18-31(25-37(35)38)30-17-16-28-8-4-5-9-29(28)24-30/h4-25H,3H2,1-2H3. The lowest BCUT2D eigenvalue weighted by atomic mass is 9.67. The Morgan fingerprint density at radius 1 is 0.500 bits per heavy atom. The van der Waals surface area contributed by atoms with Gasteiger partial charge in [0.15, 0.2) is 0 Å². The third-order valence-corrected chi connectivity index (χ3v) is 8.41. The van der Waals surface area contributed by atoms with E-state index in [1.54, 1.807) is 0 Å². The van der Waals surface area contributed by atoms with Gasteiger partial charge in [-0.3, -0.25) is 0 Å². The van der Waals surface area contributed by atoms with E-state index in [-0.39, 0.29) is 5.41 Å². The average Bonchev–Trinajstić information content (AvgIpc) is 3.28. The summed E-state index contributed by atoms with van der Waals surface area (Å²) in [6.45, 7) is 4.39. The molecule has 0 saturated heterocycles. The predicted molar refractivity (Wildman–Crippen MR) is 161 cm³/mol. The molecule has 0 spiro atoms. The Hall–Kier alpha value is -4.42. The van der Waals surface area contributed by atoms with Gasteiger partial charge in [-0.25, -0.2) is 0 Å². The highest BCUT2D eigenvalue weighted by atomic mass is 14.5. The van der Waals surface area contributed by atoms with E-state index in [0.717, 1.165) is 6.42 Å². The molecule has 0 aliphatic heterocycles. The van der Waals surface area contributed by atoms with Gasteiger partial charge < -0.3 is 0 Å². The van der Waals surface area contributed by atoms with Crippen LogP contribution in [-0.4, -0.2) is 0 Å². The van der Waals surface area contributed by atoms with Crippen molar-refractivity contribution < 1.29 is 0 Å². The van der Waals surface area contributed by atoms with Gasteiger partial charge in [-0.05, 0) is 86.3 Å². The molecule has 6 aromatic carbocycles. The second-order valence-electron chi connectivity index (χ2n) is 10.5. The molecule has 0 radical (unpaired) electrons. The van der Waals surface area contributed by atoms with E-state index in [4.69, 9.17) is 0 Å². The number of fused-ring (bicyclic) bond motifs is 4. The molecule has 1 aliphatic rings. The van der Waals surface area contributed by atoms with E-state index in [9.17, 15) is 0 Å². The van der Waals surface area contributed by atoms with Gasteiger partial charge in [0.2, 0.25) is 0 Å². The average molecular weight is 487 g/mol. The molecule has 1 atom stereocenters. The summed E-state index contributed by atoms with van der Waals surface area (Å²) in [4.78, 5) is 0. The van der Waals surface area contributed by atoms with Crippen molar-refractivity contribution in [2.75, 3.05) is 0 Å². The molecule has 0 saturated carbocycles. The largest absolute Gasteiger partial charge is 0.0713 e. The minimum atomic E-state index is -0.376. The SMILES string of the molecule is CCc1ccc(C2(c3ccc(C)cc3)c3ccccc3-c3ccc(-c4ccc5ccccc5c4)cc32)cc1. The number of benzene rings is 6. The second kappa shape index (κ2) is 8.85. The molecule has 0 fully saturated rings. The maximum absolute atomic E-state index is 2.45. The van der Waals surface area contributed by atoms with Crippen LogP contribution in [0.25, 0.3) is 33.0 Å². The summed E-state index contributed by atoms with van der Waals surface area (Å²) in [5, 5.41) is 2.54. The van der Waals surface area contributed by atoms with Crippen molar-refractivity contribution >= 4 is 10.8 Å². The topological polar surface area (TPSA) is 0 Å².